The van der Waals surface area contributed by atoms with Gasteiger partial charge in [-0.15, -0.1) is 0 Å². The Hall–Kier alpha value is -1.23. The van der Waals surface area contributed by atoms with Gasteiger partial charge in [0, 0.05) is 6.07 Å². The Balaban J connectivity index is 2.71. The molecule has 0 bridgehead atoms. The number of rotatable bonds is 4. The molecular formula is C9H11NO3S. The van der Waals surface area contributed by atoms with Gasteiger partial charge in [-0.3, -0.25) is 4.79 Å². The number of nitrogens with zero attached hydrogens (tertiary/aromatic N) is 1. The summed E-state index contributed by atoms with van der Waals surface area (Å²) in [5, 5.41) is 8.84. The first kappa shape index (κ1) is 10.8. The number of pyridine rings is 1. The van der Waals surface area contributed by atoms with Gasteiger partial charge in [0.25, 0.3) is 0 Å². The molecule has 0 aliphatic carbocycles. The molecule has 1 aromatic heterocycles. The molecule has 1 heterocycles. The average Bonchev–Trinajstić information content (AvgIpc) is 2.18. The Morgan fingerprint density at radius 2 is 2.36 bits per heavy atom. The van der Waals surface area contributed by atoms with Gasteiger partial charge in [-0.05, 0) is 13.0 Å². The highest BCUT2D eigenvalue weighted by atomic mass is 32.2. The summed E-state index contributed by atoms with van der Waals surface area (Å²) in [4.78, 5) is 14.7. The quantitative estimate of drug-likeness (QED) is 0.771. The van der Waals surface area contributed by atoms with E-state index in [1.54, 1.807) is 25.1 Å². The highest BCUT2D eigenvalue weighted by Crippen LogP contribution is 2.22. The van der Waals surface area contributed by atoms with Crippen molar-refractivity contribution in [3.05, 3.63) is 18.2 Å². The van der Waals surface area contributed by atoms with Gasteiger partial charge in [-0.1, -0.05) is 17.8 Å². The molecule has 76 valence electrons. The maximum absolute atomic E-state index is 10.6. The Labute approximate surface area is 86.3 Å². The molecule has 0 fully saturated rings. The summed E-state index contributed by atoms with van der Waals surface area (Å²) in [5.41, 5.74) is 0. The molecule has 1 aromatic rings. The predicted octanol–water partition coefficient (Wildman–Crippen LogP) is 1.66. The second-order valence-corrected chi connectivity index (χ2v) is 3.98. The maximum Gasteiger partial charge on any atom is 0.316 e. The molecule has 14 heavy (non-hydrogen) atoms. The van der Waals surface area contributed by atoms with Gasteiger partial charge < -0.3 is 9.84 Å². The second kappa shape index (κ2) is 4.85. The van der Waals surface area contributed by atoms with Crippen molar-refractivity contribution in [2.24, 2.45) is 0 Å². The number of hydrogen-bond acceptors (Lipinski definition) is 4. The summed E-state index contributed by atoms with van der Waals surface area (Å²) in [6.07, 6.45) is 0. The lowest BCUT2D eigenvalue weighted by atomic mass is 10.5. The van der Waals surface area contributed by atoms with Gasteiger partial charge in [0.05, 0.1) is 7.11 Å². The first-order valence-electron chi connectivity index (χ1n) is 4.04. The molecule has 0 aliphatic heterocycles. The van der Waals surface area contributed by atoms with E-state index in [4.69, 9.17) is 9.84 Å². The number of ether oxygens (including phenoxy) is 1. The van der Waals surface area contributed by atoms with Crippen LogP contribution in [0.3, 0.4) is 0 Å². The molecule has 0 radical (unpaired) electrons. The number of carboxylic acids is 1. The Bertz CT molecular complexity index is 330. The molecule has 0 aliphatic rings. The first-order valence-corrected chi connectivity index (χ1v) is 4.92. The summed E-state index contributed by atoms with van der Waals surface area (Å²) in [6, 6.07) is 5.25. The molecule has 0 aromatic carbocycles. The van der Waals surface area contributed by atoms with Gasteiger partial charge >= 0.3 is 5.97 Å². The van der Waals surface area contributed by atoms with E-state index in [2.05, 4.69) is 4.98 Å². The monoisotopic (exact) mass is 213 g/mol. The van der Waals surface area contributed by atoms with Gasteiger partial charge in [0.2, 0.25) is 5.88 Å². The van der Waals surface area contributed by atoms with Crippen LogP contribution in [0.5, 0.6) is 5.88 Å². The van der Waals surface area contributed by atoms with E-state index in [1.807, 2.05) is 0 Å². The summed E-state index contributed by atoms with van der Waals surface area (Å²) in [6.45, 7) is 1.62. The minimum Gasteiger partial charge on any atom is -0.481 e. The second-order valence-electron chi connectivity index (χ2n) is 2.62. The van der Waals surface area contributed by atoms with E-state index in [9.17, 15) is 4.79 Å². The maximum atomic E-state index is 10.6. The summed E-state index contributed by atoms with van der Waals surface area (Å²) in [5.74, 6) is -0.354. The summed E-state index contributed by atoms with van der Waals surface area (Å²) < 4.78 is 4.93. The summed E-state index contributed by atoms with van der Waals surface area (Å²) in [7, 11) is 1.53. The fourth-order valence-electron chi connectivity index (χ4n) is 0.807. The van der Waals surface area contributed by atoms with Crippen molar-refractivity contribution in [1.82, 2.24) is 4.98 Å². The molecule has 5 heteroatoms. The number of hydrogen-bond donors (Lipinski definition) is 1. The lowest BCUT2D eigenvalue weighted by Gasteiger charge is -2.05. The van der Waals surface area contributed by atoms with E-state index in [1.165, 1.54) is 18.9 Å². The predicted molar refractivity (Wildman–Crippen MR) is 53.7 cm³/mol. The molecule has 0 spiro atoms. The van der Waals surface area contributed by atoms with E-state index < -0.39 is 11.2 Å². The Morgan fingerprint density at radius 1 is 1.64 bits per heavy atom. The number of aliphatic carboxylic acids is 1. The fourth-order valence-corrected chi connectivity index (χ4v) is 1.57. The molecule has 1 N–H and O–H groups in total. The van der Waals surface area contributed by atoms with Crippen LogP contribution < -0.4 is 4.74 Å². The van der Waals surface area contributed by atoms with Crippen LogP contribution in [0.25, 0.3) is 0 Å². The Morgan fingerprint density at radius 3 is 2.93 bits per heavy atom. The molecule has 0 saturated heterocycles. The van der Waals surface area contributed by atoms with Crippen LogP contribution in [-0.4, -0.2) is 28.4 Å². The van der Waals surface area contributed by atoms with Crippen LogP contribution in [0.1, 0.15) is 6.92 Å². The molecule has 1 rings (SSSR count). The fraction of sp³-hybridized carbons (Fsp3) is 0.333. The Kier molecular flexibility index (Phi) is 3.76. The minimum atomic E-state index is -0.848. The van der Waals surface area contributed by atoms with E-state index in [-0.39, 0.29) is 0 Å². The SMILES string of the molecule is COc1cccc(SC(C)C(=O)O)n1. The van der Waals surface area contributed by atoms with Crippen molar-refractivity contribution in [1.29, 1.82) is 0 Å². The third kappa shape index (κ3) is 2.92. The zero-order valence-electron chi connectivity index (χ0n) is 7.93. The largest absolute Gasteiger partial charge is 0.481 e. The van der Waals surface area contributed by atoms with Crippen molar-refractivity contribution in [2.75, 3.05) is 7.11 Å². The number of carbonyl (C=O) groups is 1. The number of methoxy groups -OCH3 is 1. The molecule has 0 saturated carbocycles. The van der Waals surface area contributed by atoms with Crippen LogP contribution in [-0.2, 0) is 4.79 Å². The van der Waals surface area contributed by atoms with Crippen LogP contribution in [0.15, 0.2) is 23.2 Å². The van der Waals surface area contributed by atoms with E-state index in [0.717, 1.165) is 0 Å². The van der Waals surface area contributed by atoms with Crippen molar-refractivity contribution < 1.29 is 14.6 Å². The van der Waals surface area contributed by atoms with Gasteiger partial charge in [0.1, 0.15) is 10.3 Å². The number of thioether (sulfide) groups is 1. The highest BCUT2D eigenvalue weighted by molar-refractivity contribution is 8.00. The average molecular weight is 213 g/mol. The van der Waals surface area contributed by atoms with Crippen molar-refractivity contribution in [3.63, 3.8) is 0 Å². The molecule has 0 amide bonds. The standard InChI is InChI=1S/C9H11NO3S/c1-6(9(11)12)14-8-5-3-4-7(10-8)13-2/h3-6H,1-2H3,(H,11,12). The number of carboxylic acid groups (broad SMARTS) is 1. The minimum absolute atomic E-state index is 0.493. The molecule has 1 atom stereocenters. The smallest absolute Gasteiger partial charge is 0.316 e. The molecule has 4 nitrogen and oxygen atoms in total. The number of aromatic nitrogens is 1. The third-order valence-corrected chi connectivity index (χ3v) is 2.58. The van der Waals surface area contributed by atoms with Crippen LogP contribution in [0, 0.1) is 0 Å². The zero-order valence-corrected chi connectivity index (χ0v) is 8.75. The van der Waals surface area contributed by atoms with Gasteiger partial charge in [-0.25, -0.2) is 4.98 Å². The topological polar surface area (TPSA) is 59.4 Å². The van der Waals surface area contributed by atoms with E-state index in [0.29, 0.717) is 10.9 Å². The van der Waals surface area contributed by atoms with Crippen LogP contribution in [0.4, 0.5) is 0 Å². The third-order valence-electron chi connectivity index (χ3n) is 1.55. The summed E-state index contributed by atoms with van der Waals surface area (Å²) >= 11 is 1.19. The highest BCUT2D eigenvalue weighted by Gasteiger charge is 2.13. The van der Waals surface area contributed by atoms with Crippen LogP contribution in [0.2, 0.25) is 0 Å². The van der Waals surface area contributed by atoms with Gasteiger partial charge in [0.15, 0.2) is 0 Å². The normalized spacial score (nSPS) is 12.1. The van der Waals surface area contributed by atoms with E-state index >= 15 is 0 Å². The van der Waals surface area contributed by atoms with Crippen molar-refractivity contribution in [3.8, 4) is 5.88 Å². The lowest BCUT2D eigenvalue weighted by Crippen LogP contribution is -2.11. The zero-order chi connectivity index (χ0) is 10.6. The lowest BCUT2D eigenvalue weighted by molar-refractivity contribution is -0.136. The molecular weight excluding hydrogens is 202 g/mol. The molecule has 1 unspecified atom stereocenters. The first-order chi connectivity index (χ1) is 6.63. The van der Waals surface area contributed by atoms with Crippen molar-refractivity contribution >= 4 is 17.7 Å². The van der Waals surface area contributed by atoms with Gasteiger partial charge in [-0.2, -0.15) is 0 Å². The van der Waals surface area contributed by atoms with Crippen LogP contribution >= 0.6 is 11.8 Å². The van der Waals surface area contributed by atoms with Crippen molar-refractivity contribution in [2.45, 2.75) is 17.2 Å².